The van der Waals surface area contributed by atoms with E-state index in [9.17, 15) is 14.4 Å². The second-order valence-electron chi connectivity index (χ2n) is 7.54. The van der Waals surface area contributed by atoms with Crippen molar-refractivity contribution in [3.63, 3.8) is 0 Å². The van der Waals surface area contributed by atoms with Crippen LogP contribution in [0.4, 0.5) is 4.79 Å². The molecule has 2 aromatic rings. The van der Waals surface area contributed by atoms with E-state index in [4.69, 9.17) is 9.84 Å². The van der Waals surface area contributed by atoms with Crippen LogP contribution in [0.2, 0.25) is 0 Å². The van der Waals surface area contributed by atoms with Gasteiger partial charge >= 0.3 is 17.8 Å². The molecule has 0 bridgehead atoms. The molecule has 8 heteroatoms. The highest BCUT2D eigenvalue weighted by Gasteiger charge is 2.29. The molecule has 1 aromatic carbocycles. The summed E-state index contributed by atoms with van der Waals surface area (Å²) in [6.07, 6.45) is 0.924. The number of hydrogen-bond acceptors (Lipinski definition) is 4. The minimum absolute atomic E-state index is 0.0504. The number of imidazole rings is 1. The van der Waals surface area contributed by atoms with Crippen molar-refractivity contribution in [2.24, 2.45) is 0 Å². The summed E-state index contributed by atoms with van der Waals surface area (Å²) in [7, 11) is 0. The molecule has 1 aliphatic rings. The van der Waals surface area contributed by atoms with E-state index in [0.29, 0.717) is 37.0 Å². The first-order valence-electron chi connectivity index (χ1n) is 8.61. The number of benzene rings is 1. The van der Waals surface area contributed by atoms with Crippen LogP contribution in [0, 0.1) is 0 Å². The molecule has 0 atom stereocenters. The SMILES string of the molecule is CC(C)(C)OC(=O)N1CCC(n2c(=O)[nH]c3cc(C(=O)O)ccc32)CC1. The Labute approximate surface area is 150 Å². The van der Waals surface area contributed by atoms with Crippen molar-refractivity contribution in [2.75, 3.05) is 13.1 Å². The number of hydrogen-bond donors (Lipinski definition) is 2. The normalized spacial score (nSPS) is 16.0. The fourth-order valence-electron chi connectivity index (χ4n) is 3.26. The number of amides is 1. The lowest BCUT2D eigenvalue weighted by Gasteiger charge is -2.33. The van der Waals surface area contributed by atoms with Crippen LogP contribution in [0.15, 0.2) is 23.0 Å². The zero-order chi connectivity index (χ0) is 19.1. The quantitative estimate of drug-likeness (QED) is 0.855. The van der Waals surface area contributed by atoms with Gasteiger partial charge in [-0.05, 0) is 51.8 Å². The molecule has 0 saturated carbocycles. The predicted molar refractivity (Wildman–Crippen MR) is 95.6 cm³/mol. The van der Waals surface area contributed by atoms with E-state index in [-0.39, 0.29) is 23.4 Å². The Morgan fingerprint density at radius 2 is 1.88 bits per heavy atom. The average molecular weight is 361 g/mol. The minimum atomic E-state index is -1.04. The van der Waals surface area contributed by atoms with E-state index in [1.807, 2.05) is 20.8 Å². The van der Waals surface area contributed by atoms with Gasteiger partial charge in [-0.1, -0.05) is 0 Å². The topological polar surface area (TPSA) is 105 Å². The first-order chi connectivity index (χ1) is 12.2. The zero-order valence-corrected chi connectivity index (χ0v) is 15.1. The fraction of sp³-hybridized carbons (Fsp3) is 0.500. The van der Waals surface area contributed by atoms with E-state index in [0.717, 1.165) is 0 Å². The second-order valence-corrected chi connectivity index (χ2v) is 7.54. The highest BCUT2D eigenvalue weighted by atomic mass is 16.6. The minimum Gasteiger partial charge on any atom is -0.478 e. The maximum atomic E-state index is 12.4. The third-order valence-electron chi connectivity index (χ3n) is 4.44. The van der Waals surface area contributed by atoms with E-state index < -0.39 is 11.6 Å². The standard InChI is InChI=1S/C18H23N3O5/c1-18(2,3)26-17(25)20-8-6-12(7-9-20)21-14-5-4-11(15(22)23)10-13(14)19-16(21)24/h4-5,10,12H,6-9H2,1-3H3,(H,19,24)(H,22,23). The van der Waals surface area contributed by atoms with Crippen LogP contribution in [0.1, 0.15) is 50.0 Å². The number of nitrogens with zero attached hydrogens (tertiary/aromatic N) is 2. The number of aromatic nitrogens is 2. The number of carbonyl (C=O) groups excluding carboxylic acids is 1. The molecule has 0 spiro atoms. The third-order valence-corrected chi connectivity index (χ3v) is 4.44. The molecule has 8 nitrogen and oxygen atoms in total. The average Bonchev–Trinajstić information content (AvgIpc) is 2.88. The molecule has 3 rings (SSSR count). The number of piperidine rings is 1. The maximum absolute atomic E-state index is 12.4. The van der Waals surface area contributed by atoms with Crippen LogP contribution >= 0.6 is 0 Å². The molecular formula is C18H23N3O5. The first kappa shape index (κ1) is 18.0. The van der Waals surface area contributed by atoms with Crippen LogP contribution in [-0.4, -0.2) is 50.3 Å². The summed E-state index contributed by atoms with van der Waals surface area (Å²) in [4.78, 5) is 40.0. The third kappa shape index (κ3) is 3.58. The van der Waals surface area contributed by atoms with Crippen molar-refractivity contribution < 1.29 is 19.4 Å². The van der Waals surface area contributed by atoms with Gasteiger partial charge in [-0.2, -0.15) is 0 Å². The van der Waals surface area contributed by atoms with Crippen LogP contribution < -0.4 is 5.69 Å². The Morgan fingerprint density at radius 3 is 2.46 bits per heavy atom. The smallest absolute Gasteiger partial charge is 0.410 e. The van der Waals surface area contributed by atoms with Crippen molar-refractivity contribution in [1.29, 1.82) is 0 Å². The van der Waals surface area contributed by atoms with E-state index in [2.05, 4.69) is 4.98 Å². The Morgan fingerprint density at radius 1 is 1.23 bits per heavy atom. The van der Waals surface area contributed by atoms with Crippen molar-refractivity contribution in [3.8, 4) is 0 Å². The molecule has 26 heavy (non-hydrogen) atoms. The van der Waals surface area contributed by atoms with E-state index >= 15 is 0 Å². The molecule has 2 heterocycles. The lowest BCUT2D eigenvalue weighted by molar-refractivity contribution is 0.0188. The number of likely N-dealkylation sites (tertiary alicyclic amines) is 1. The van der Waals surface area contributed by atoms with Crippen molar-refractivity contribution >= 4 is 23.1 Å². The lowest BCUT2D eigenvalue weighted by atomic mass is 10.0. The molecule has 2 N–H and O–H groups in total. The zero-order valence-electron chi connectivity index (χ0n) is 15.1. The summed E-state index contributed by atoms with van der Waals surface area (Å²) in [5, 5.41) is 9.08. The summed E-state index contributed by atoms with van der Waals surface area (Å²) in [5.41, 5.74) is 0.507. The molecule has 1 aromatic heterocycles. The van der Waals surface area contributed by atoms with Crippen molar-refractivity contribution in [2.45, 2.75) is 45.3 Å². The number of carboxylic acid groups (broad SMARTS) is 1. The molecule has 0 unspecified atom stereocenters. The predicted octanol–water partition coefficient (Wildman–Crippen LogP) is 2.60. The van der Waals surface area contributed by atoms with Gasteiger partial charge in [0.1, 0.15) is 5.60 Å². The summed E-state index contributed by atoms with van der Waals surface area (Å²) >= 11 is 0. The number of carboxylic acids is 1. The van der Waals surface area contributed by atoms with Gasteiger partial charge in [0.25, 0.3) is 0 Å². The summed E-state index contributed by atoms with van der Waals surface area (Å²) in [6, 6.07) is 4.55. The molecule has 0 aliphatic carbocycles. The van der Waals surface area contributed by atoms with E-state index in [1.54, 1.807) is 15.5 Å². The first-order valence-corrected chi connectivity index (χ1v) is 8.61. The number of ether oxygens (including phenoxy) is 1. The molecule has 1 saturated heterocycles. The number of aromatic carboxylic acids is 1. The number of nitrogens with one attached hydrogen (secondary N) is 1. The van der Waals surface area contributed by atoms with Crippen LogP contribution in [0.25, 0.3) is 11.0 Å². The number of rotatable bonds is 2. The Kier molecular flexibility index (Phi) is 4.52. The van der Waals surface area contributed by atoms with E-state index in [1.165, 1.54) is 12.1 Å². The Hall–Kier alpha value is -2.77. The van der Waals surface area contributed by atoms with Gasteiger partial charge in [0.05, 0.1) is 16.6 Å². The number of aromatic amines is 1. The molecular weight excluding hydrogens is 338 g/mol. The van der Waals surface area contributed by atoms with Gasteiger partial charge in [-0.25, -0.2) is 14.4 Å². The van der Waals surface area contributed by atoms with Gasteiger partial charge in [0, 0.05) is 19.1 Å². The number of fused-ring (bicyclic) bond motifs is 1. The molecule has 1 fully saturated rings. The molecule has 0 radical (unpaired) electrons. The highest BCUT2D eigenvalue weighted by Crippen LogP contribution is 2.26. The van der Waals surface area contributed by atoms with Gasteiger partial charge in [0.15, 0.2) is 0 Å². The lowest BCUT2D eigenvalue weighted by Crippen LogP contribution is -2.43. The second kappa shape index (κ2) is 6.51. The number of H-pyrrole nitrogens is 1. The molecule has 140 valence electrons. The molecule has 1 aliphatic heterocycles. The highest BCUT2D eigenvalue weighted by molar-refractivity contribution is 5.92. The maximum Gasteiger partial charge on any atom is 0.410 e. The van der Waals surface area contributed by atoms with Crippen molar-refractivity contribution in [3.05, 3.63) is 34.2 Å². The monoisotopic (exact) mass is 361 g/mol. The van der Waals surface area contributed by atoms with Crippen LogP contribution in [-0.2, 0) is 4.74 Å². The summed E-state index contributed by atoms with van der Waals surface area (Å²) in [5.74, 6) is -1.04. The Balaban J connectivity index is 1.77. The number of carbonyl (C=O) groups is 2. The Bertz CT molecular complexity index is 898. The van der Waals surface area contributed by atoms with Gasteiger partial charge in [-0.3, -0.25) is 4.57 Å². The largest absolute Gasteiger partial charge is 0.478 e. The van der Waals surface area contributed by atoms with Gasteiger partial charge in [-0.15, -0.1) is 0 Å². The van der Waals surface area contributed by atoms with Gasteiger partial charge < -0.3 is 19.7 Å². The summed E-state index contributed by atoms with van der Waals surface area (Å²) in [6.45, 7) is 6.50. The van der Waals surface area contributed by atoms with Gasteiger partial charge in [0.2, 0.25) is 0 Å². The van der Waals surface area contributed by atoms with Crippen LogP contribution in [0.3, 0.4) is 0 Å². The summed E-state index contributed by atoms with van der Waals surface area (Å²) < 4.78 is 7.05. The molecule has 1 amide bonds. The van der Waals surface area contributed by atoms with Crippen LogP contribution in [0.5, 0.6) is 0 Å². The van der Waals surface area contributed by atoms with Crippen molar-refractivity contribution in [1.82, 2.24) is 14.5 Å². The fourth-order valence-corrected chi connectivity index (χ4v) is 3.26.